The second kappa shape index (κ2) is 5.64. The van der Waals surface area contributed by atoms with Crippen molar-refractivity contribution in [3.05, 3.63) is 23.3 Å². The van der Waals surface area contributed by atoms with E-state index in [-0.39, 0.29) is 22.9 Å². The molecule has 1 fully saturated rings. The molecule has 1 aromatic rings. The first-order valence-corrected chi connectivity index (χ1v) is 7.88. The van der Waals surface area contributed by atoms with Gasteiger partial charge in [-0.1, -0.05) is 6.07 Å². The van der Waals surface area contributed by atoms with Crippen molar-refractivity contribution in [2.75, 3.05) is 11.9 Å². The van der Waals surface area contributed by atoms with Crippen LogP contribution >= 0.6 is 0 Å². The number of amides is 1. The maximum atomic E-state index is 12.6. The summed E-state index contributed by atoms with van der Waals surface area (Å²) >= 11 is 0. The molecule has 1 aliphatic heterocycles. The molecule has 0 radical (unpaired) electrons. The number of alkyl halides is 3. The summed E-state index contributed by atoms with van der Waals surface area (Å²) in [5.74, 6) is -2.18. The van der Waals surface area contributed by atoms with E-state index in [1.165, 1.54) is 6.07 Å². The van der Waals surface area contributed by atoms with Crippen LogP contribution in [0.15, 0.2) is 12.1 Å². The third kappa shape index (κ3) is 3.57. The monoisotopic (exact) mass is 357 g/mol. The molecular formula is C17H18F3NO4. The van der Waals surface area contributed by atoms with E-state index in [1.807, 2.05) is 0 Å². The maximum absolute atomic E-state index is 12.6. The Balaban J connectivity index is 2.02. The van der Waals surface area contributed by atoms with Gasteiger partial charge in [-0.05, 0) is 44.7 Å². The van der Waals surface area contributed by atoms with Crippen LogP contribution in [0.1, 0.15) is 49.0 Å². The largest absolute Gasteiger partial charge is 0.492 e. The zero-order valence-electron chi connectivity index (χ0n) is 14.0. The average Bonchev–Trinajstić information content (AvgIpc) is 3.23. The molecule has 136 valence electrons. The second-order valence-electron chi connectivity index (χ2n) is 7.27. The van der Waals surface area contributed by atoms with Crippen molar-refractivity contribution >= 4 is 17.6 Å². The van der Waals surface area contributed by atoms with Crippen molar-refractivity contribution in [1.29, 1.82) is 0 Å². The van der Waals surface area contributed by atoms with Crippen molar-refractivity contribution in [3.8, 4) is 5.75 Å². The fraction of sp³-hybridized carbons (Fsp3) is 0.529. The molecule has 1 N–H and O–H groups in total. The van der Waals surface area contributed by atoms with E-state index >= 15 is 0 Å². The van der Waals surface area contributed by atoms with Crippen molar-refractivity contribution in [3.63, 3.8) is 0 Å². The smallest absolute Gasteiger partial charge is 0.471 e. The van der Waals surface area contributed by atoms with Gasteiger partial charge in [0, 0.05) is 5.92 Å². The Bertz CT molecular complexity index is 737. The maximum Gasteiger partial charge on any atom is 0.471 e. The number of benzene rings is 1. The van der Waals surface area contributed by atoms with Gasteiger partial charge in [-0.15, -0.1) is 0 Å². The molecule has 1 aliphatic carbocycles. The summed E-state index contributed by atoms with van der Waals surface area (Å²) in [7, 11) is 0. The van der Waals surface area contributed by atoms with Gasteiger partial charge in [0.05, 0.1) is 12.3 Å². The molecule has 2 aliphatic rings. The van der Waals surface area contributed by atoms with Gasteiger partial charge in [0.1, 0.15) is 16.9 Å². The van der Waals surface area contributed by atoms with Gasteiger partial charge in [0.25, 0.3) is 0 Å². The molecule has 2 atom stereocenters. The van der Waals surface area contributed by atoms with E-state index in [0.29, 0.717) is 12.5 Å². The minimum atomic E-state index is -5.07. The first-order chi connectivity index (χ1) is 11.5. The van der Waals surface area contributed by atoms with E-state index in [1.54, 1.807) is 32.2 Å². The zero-order valence-corrected chi connectivity index (χ0v) is 14.0. The van der Waals surface area contributed by atoms with Crippen LogP contribution in [0, 0.1) is 5.92 Å². The van der Waals surface area contributed by atoms with Gasteiger partial charge in [0.15, 0.2) is 0 Å². The first-order valence-electron chi connectivity index (χ1n) is 7.88. The normalized spacial score (nSPS) is 21.5. The fourth-order valence-corrected chi connectivity index (χ4v) is 2.88. The fourth-order valence-electron chi connectivity index (χ4n) is 2.88. The van der Waals surface area contributed by atoms with E-state index in [2.05, 4.69) is 0 Å². The quantitative estimate of drug-likeness (QED) is 0.821. The van der Waals surface area contributed by atoms with E-state index in [4.69, 9.17) is 9.47 Å². The summed E-state index contributed by atoms with van der Waals surface area (Å²) in [5.41, 5.74) is -0.519. The number of rotatable bonds is 2. The molecule has 1 amide bonds. The number of halogens is 3. The van der Waals surface area contributed by atoms with Crippen molar-refractivity contribution in [2.24, 2.45) is 5.92 Å². The number of esters is 1. The highest BCUT2D eigenvalue weighted by Gasteiger charge is 2.46. The summed E-state index contributed by atoms with van der Waals surface area (Å²) in [6.07, 6.45) is -4.15. The van der Waals surface area contributed by atoms with Gasteiger partial charge in [0.2, 0.25) is 0 Å². The second-order valence-corrected chi connectivity index (χ2v) is 7.27. The van der Waals surface area contributed by atoms with Crippen LogP contribution in [0.2, 0.25) is 0 Å². The lowest BCUT2D eigenvalue weighted by molar-refractivity contribution is -0.167. The van der Waals surface area contributed by atoms with Crippen molar-refractivity contribution < 1.29 is 32.2 Å². The Hall–Kier alpha value is -2.25. The summed E-state index contributed by atoms with van der Waals surface area (Å²) in [5, 5.41) is 1.75. The molecule has 2 unspecified atom stereocenters. The molecule has 8 heteroatoms. The molecule has 0 saturated heterocycles. The highest BCUT2D eigenvalue weighted by atomic mass is 19.4. The molecule has 0 bridgehead atoms. The third-order valence-electron chi connectivity index (χ3n) is 4.06. The molecule has 25 heavy (non-hydrogen) atoms. The summed E-state index contributed by atoms with van der Waals surface area (Å²) in [6, 6.07) is 2.89. The van der Waals surface area contributed by atoms with Gasteiger partial charge < -0.3 is 14.8 Å². The van der Waals surface area contributed by atoms with Gasteiger partial charge in [-0.25, -0.2) is 4.79 Å². The van der Waals surface area contributed by atoms with E-state index in [0.717, 1.165) is 12.0 Å². The van der Waals surface area contributed by atoms with Crippen LogP contribution in [0.4, 0.5) is 18.9 Å². The first kappa shape index (κ1) is 17.6. The Labute approximate surface area is 142 Å². The average molecular weight is 357 g/mol. The Morgan fingerprint density at radius 2 is 1.92 bits per heavy atom. The Morgan fingerprint density at radius 3 is 2.52 bits per heavy atom. The van der Waals surface area contributed by atoms with Gasteiger partial charge >= 0.3 is 18.1 Å². The van der Waals surface area contributed by atoms with Crippen LogP contribution in [-0.2, 0) is 9.53 Å². The molecule has 0 spiro atoms. The SMILES string of the molecule is CC(C)(C)OC(=O)c1c(NC(=O)C(F)(F)F)ccc2c1OCC1CC21. The lowest BCUT2D eigenvalue weighted by atomic mass is 9.99. The number of anilines is 1. The predicted molar refractivity (Wildman–Crippen MR) is 82.6 cm³/mol. The standard InChI is InChI=1S/C17H18F3NO4/c1-16(2,3)25-14(22)12-11(21-15(23)17(18,19)20)5-4-9-10-6-8(10)7-24-13(9)12/h4-5,8,10H,6-7H2,1-3H3,(H,21,23). The van der Waals surface area contributed by atoms with E-state index < -0.39 is 23.7 Å². The Kier molecular flexibility index (Phi) is 3.96. The van der Waals surface area contributed by atoms with Gasteiger partial charge in [-0.3, -0.25) is 4.79 Å². The number of hydrogen-bond donors (Lipinski definition) is 1. The number of nitrogens with one attached hydrogen (secondary N) is 1. The lowest BCUT2D eigenvalue weighted by Gasteiger charge is -2.25. The number of ether oxygens (including phenoxy) is 2. The van der Waals surface area contributed by atoms with E-state index in [9.17, 15) is 22.8 Å². The van der Waals surface area contributed by atoms with Crippen LogP contribution in [0.25, 0.3) is 0 Å². The molecule has 0 aromatic heterocycles. The number of carbonyl (C=O) groups is 2. The summed E-state index contributed by atoms with van der Waals surface area (Å²) in [6.45, 7) is 5.33. The molecule has 3 rings (SSSR count). The molecule has 1 aromatic carbocycles. The van der Waals surface area contributed by atoms with Crippen LogP contribution in [0.5, 0.6) is 5.75 Å². The van der Waals surface area contributed by atoms with Crippen LogP contribution in [0.3, 0.4) is 0 Å². The van der Waals surface area contributed by atoms with Crippen LogP contribution < -0.4 is 10.1 Å². The highest BCUT2D eigenvalue weighted by molar-refractivity contribution is 6.05. The topological polar surface area (TPSA) is 64.6 Å². The third-order valence-corrected chi connectivity index (χ3v) is 4.06. The summed E-state index contributed by atoms with van der Waals surface area (Å²) < 4.78 is 48.7. The predicted octanol–water partition coefficient (Wildman–Crippen LogP) is 3.64. The molecular weight excluding hydrogens is 339 g/mol. The lowest BCUT2D eigenvalue weighted by Crippen LogP contribution is -2.32. The van der Waals surface area contributed by atoms with Crippen molar-refractivity contribution in [1.82, 2.24) is 0 Å². The summed E-state index contributed by atoms with van der Waals surface area (Å²) in [4.78, 5) is 23.9. The molecule has 1 saturated carbocycles. The van der Waals surface area contributed by atoms with Crippen molar-refractivity contribution in [2.45, 2.75) is 44.9 Å². The minimum absolute atomic E-state index is 0.171. The molecule has 1 heterocycles. The Morgan fingerprint density at radius 1 is 1.24 bits per heavy atom. The molecule has 5 nitrogen and oxygen atoms in total. The number of carbonyl (C=O) groups excluding carboxylic acids is 2. The highest BCUT2D eigenvalue weighted by Crippen LogP contribution is 2.55. The number of hydrogen-bond acceptors (Lipinski definition) is 4. The minimum Gasteiger partial charge on any atom is -0.492 e. The zero-order chi connectivity index (χ0) is 18.6. The van der Waals surface area contributed by atoms with Crippen LogP contribution in [-0.4, -0.2) is 30.3 Å². The van der Waals surface area contributed by atoms with Gasteiger partial charge in [-0.2, -0.15) is 13.2 Å². The number of fused-ring (bicyclic) bond motifs is 3.